The molecular formula is C27H21FN2O. The Bertz CT molecular complexity index is 1410. The van der Waals surface area contributed by atoms with Crippen molar-refractivity contribution >= 4 is 21.8 Å². The van der Waals surface area contributed by atoms with Crippen molar-refractivity contribution in [3.63, 3.8) is 0 Å². The fourth-order valence-corrected chi connectivity index (χ4v) is 4.75. The number of hydrogen-bond donors (Lipinski definition) is 1. The number of halogens is 1. The van der Waals surface area contributed by atoms with Crippen molar-refractivity contribution in [3.8, 4) is 5.69 Å². The first-order valence-corrected chi connectivity index (χ1v) is 10.6. The van der Waals surface area contributed by atoms with Gasteiger partial charge in [-0.1, -0.05) is 24.3 Å². The van der Waals surface area contributed by atoms with E-state index in [2.05, 4.69) is 11.1 Å². The molecule has 2 aromatic heterocycles. The lowest BCUT2D eigenvalue weighted by atomic mass is 9.80. The van der Waals surface area contributed by atoms with E-state index in [9.17, 15) is 9.50 Å². The third kappa shape index (κ3) is 2.87. The topological polar surface area (TPSA) is 38.0 Å². The Labute approximate surface area is 179 Å². The lowest BCUT2D eigenvalue weighted by Crippen LogP contribution is -2.30. The first-order chi connectivity index (χ1) is 15.1. The summed E-state index contributed by atoms with van der Waals surface area (Å²) in [6, 6.07) is 24.6. The summed E-state index contributed by atoms with van der Waals surface area (Å²) in [5.74, 6) is -0.0588. The number of benzene rings is 3. The van der Waals surface area contributed by atoms with Crippen LogP contribution in [0.25, 0.3) is 27.5 Å². The Morgan fingerprint density at radius 1 is 0.935 bits per heavy atom. The molecule has 0 spiro atoms. The highest BCUT2D eigenvalue weighted by atomic mass is 19.1. The van der Waals surface area contributed by atoms with E-state index in [4.69, 9.17) is 0 Å². The van der Waals surface area contributed by atoms with Crippen LogP contribution in [0.15, 0.2) is 91.3 Å². The Morgan fingerprint density at radius 3 is 2.55 bits per heavy atom. The Balaban J connectivity index is 1.51. The van der Waals surface area contributed by atoms with Crippen molar-refractivity contribution in [1.29, 1.82) is 0 Å². The molecule has 1 fully saturated rings. The minimum Gasteiger partial charge on any atom is -0.380 e. The number of pyridine rings is 1. The van der Waals surface area contributed by atoms with Crippen LogP contribution in [0.2, 0.25) is 0 Å². The smallest absolute Gasteiger partial charge is 0.123 e. The number of aromatic nitrogens is 2. The molecule has 1 unspecified atom stereocenters. The molecular weight excluding hydrogens is 387 g/mol. The normalized spacial score (nSPS) is 15.9. The maximum Gasteiger partial charge on any atom is 0.123 e. The molecule has 5 aromatic rings. The van der Waals surface area contributed by atoms with E-state index >= 15 is 0 Å². The van der Waals surface area contributed by atoms with E-state index in [1.54, 1.807) is 18.3 Å². The third-order valence-electron chi connectivity index (χ3n) is 6.46. The second-order valence-corrected chi connectivity index (χ2v) is 8.35. The summed E-state index contributed by atoms with van der Waals surface area (Å²) >= 11 is 0. The van der Waals surface area contributed by atoms with Crippen molar-refractivity contribution in [3.05, 3.63) is 108 Å². The summed E-state index contributed by atoms with van der Waals surface area (Å²) in [7, 11) is 0. The van der Waals surface area contributed by atoms with Gasteiger partial charge in [-0.3, -0.25) is 4.98 Å². The predicted octanol–water partition coefficient (Wildman–Crippen LogP) is 5.96. The van der Waals surface area contributed by atoms with E-state index in [-0.39, 0.29) is 11.7 Å². The Morgan fingerprint density at radius 2 is 1.74 bits per heavy atom. The van der Waals surface area contributed by atoms with Gasteiger partial charge in [-0.25, -0.2) is 4.39 Å². The molecule has 1 N–H and O–H groups in total. The maximum atomic E-state index is 13.3. The zero-order chi connectivity index (χ0) is 21.0. The van der Waals surface area contributed by atoms with Crippen LogP contribution in [0.3, 0.4) is 0 Å². The number of rotatable bonds is 4. The molecule has 6 rings (SSSR count). The summed E-state index contributed by atoms with van der Waals surface area (Å²) in [4.78, 5) is 4.48. The van der Waals surface area contributed by atoms with Gasteiger partial charge in [0.05, 0.1) is 11.0 Å². The molecule has 2 heterocycles. The average molecular weight is 408 g/mol. The van der Waals surface area contributed by atoms with Crippen LogP contribution in [0.1, 0.15) is 24.0 Å². The van der Waals surface area contributed by atoms with Gasteiger partial charge < -0.3 is 9.67 Å². The van der Waals surface area contributed by atoms with Crippen LogP contribution >= 0.6 is 0 Å². The lowest BCUT2D eigenvalue weighted by Gasteiger charge is -2.31. The summed E-state index contributed by atoms with van der Waals surface area (Å²) < 4.78 is 15.4. The van der Waals surface area contributed by atoms with Gasteiger partial charge in [0.1, 0.15) is 11.4 Å². The Hall–Kier alpha value is -3.50. The highest BCUT2D eigenvalue weighted by Crippen LogP contribution is 2.51. The average Bonchev–Trinajstić information content (AvgIpc) is 3.59. The van der Waals surface area contributed by atoms with Gasteiger partial charge in [-0.2, -0.15) is 0 Å². The van der Waals surface area contributed by atoms with E-state index in [1.807, 2.05) is 59.3 Å². The highest BCUT2D eigenvalue weighted by Gasteiger charge is 2.47. The van der Waals surface area contributed by atoms with Gasteiger partial charge in [-0.15, -0.1) is 0 Å². The second kappa shape index (κ2) is 6.76. The molecule has 0 aliphatic heterocycles. The molecule has 0 saturated heterocycles. The van der Waals surface area contributed by atoms with E-state index in [0.717, 1.165) is 51.5 Å². The molecule has 0 radical (unpaired) electrons. The molecule has 0 amide bonds. The van der Waals surface area contributed by atoms with Crippen LogP contribution in [0, 0.1) is 11.7 Å². The van der Waals surface area contributed by atoms with Gasteiger partial charge in [0.25, 0.3) is 0 Å². The number of fused-ring (bicyclic) bond motifs is 2. The first kappa shape index (κ1) is 18.3. The van der Waals surface area contributed by atoms with E-state index in [1.165, 1.54) is 12.1 Å². The minimum absolute atomic E-state index is 0.190. The summed E-state index contributed by atoms with van der Waals surface area (Å²) in [6.45, 7) is 0. The van der Waals surface area contributed by atoms with Crippen molar-refractivity contribution < 1.29 is 9.50 Å². The van der Waals surface area contributed by atoms with Crippen LogP contribution in [-0.4, -0.2) is 14.7 Å². The lowest BCUT2D eigenvalue weighted by molar-refractivity contribution is 0.0580. The summed E-state index contributed by atoms with van der Waals surface area (Å²) in [5, 5.41) is 14.2. The summed E-state index contributed by atoms with van der Waals surface area (Å²) in [6.07, 6.45) is 5.78. The zero-order valence-corrected chi connectivity index (χ0v) is 16.9. The van der Waals surface area contributed by atoms with Crippen LogP contribution in [-0.2, 0) is 5.60 Å². The SMILES string of the molecule is OC(c1ccc2c(ccn2-c2ccc(F)cc2)c1)(c1ccnc2ccccc12)C1CC1. The molecule has 3 aromatic carbocycles. The number of para-hydroxylation sites is 1. The standard InChI is InChI=1S/C27H21FN2O/c28-21-8-10-22(11-9-21)30-16-14-18-17-20(7-12-26(18)30)27(31,19-5-6-19)24-13-15-29-25-4-2-1-3-23(24)25/h1-4,7-17,19,31H,5-6H2. The minimum atomic E-state index is -1.06. The Kier molecular flexibility index (Phi) is 3.99. The van der Waals surface area contributed by atoms with Gasteiger partial charge in [0.2, 0.25) is 0 Å². The van der Waals surface area contributed by atoms with Gasteiger partial charge in [0, 0.05) is 28.9 Å². The molecule has 1 aliphatic carbocycles. The van der Waals surface area contributed by atoms with E-state index < -0.39 is 5.60 Å². The quantitative estimate of drug-likeness (QED) is 0.398. The molecule has 31 heavy (non-hydrogen) atoms. The maximum absolute atomic E-state index is 13.3. The van der Waals surface area contributed by atoms with E-state index in [0.29, 0.717) is 0 Å². The van der Waals surface area contributed by atoms with Crippen molar-refractivity contribution in [1.82, 2.24) is 9.55 Å². The van der Waals surface area contributed by atoms with Crippen molar-refractivity contribution in [2.45, 2.75) is 18.4 Å². The number of hydrogen-bond acceptors (Lipinski definition) is 2. The zero-order valence-electron chi connectivity index (χ0n) is 16.9. The predicted molar refractivity (Wildman–Crippen MR) is 121 cm³/mol. The van der Waals surface area contributed by atoms with Crippen LogP contribution in [0.4, 0.5) is 4.39 Å². The van der Waals surface area contributed by atoms with Crippen LogP contribution < -0.4 is 0 Å². The molecule has 1 aliphatic rings. The monoisotopic (exact) mass is 408 g/mol. The summed E-state index contributed by atoms with van der Waals surface area (Å²) in [5.41, 5.74) is 3.57. The molecule has 1 atom stereocenters. The number of nitrogens with zero attached hydrogens (tertiary/aromatic N) is 2. The molecule has 0 bridgehead atoms. The molecule has 1 saturated carbocycles. The fourth-order valence-electron chi connectivity index (χ4n) is 4.75. The molecule has 3 nitrogen and oxygen atoms in total. The van der Waals surface area contributed by atoms with Gasteiger partial charge in [0.15, 0.2) is 0 Å². The van der Waals surface area contributed by atoms with Crippen molar-refractivity contribution in [2.24, 2.45) is 5.92 Å². The largest absolute Gasteiger partial charge is 0.380 e. The first-order valence-electron chi connectivity index (χ1n) is 10.6. The number of aliphatic hydroxyl groups is 1. The fraction of sp³-hybridized carbons (Fsp3) is 0.148. The molecule has 4 heteroatoms. The second-order valence-electron chi connectivity index (χ2n) is 8.35. The highest BCUT2D eigenvalue weighted by molar-refractivity contribution is 5.86. The third-order valence-corrected chi connectivity index (χ3v) is 6.46. The van der Waals surface area contributed by atoms with Crippen LogP contribution in [0.5, 0.6) is 0 Å². The van der Waals surface area contributed by atoms with Gasteiger partial charge in [-0.05, 0) is 84.5 Å². The van der Waals surface area contributed by atoms with Crippen molar-refractivity contribution in [2.75, 3.05) is 0 Å². The van der Waals surface area contributed by atoms with Gasteiger partial charge >= 0.3 is 0 Å². The molecule has 152 valence electrons.